The van der Waals surface area contributed by atoms with Crippen LogP contribution >= 0.6 is 23.1 Å². The predicted molar refractivity (Wildman–Crippen MR) is 65.4 cm³/mol. The highest BCUT2D eigenvalue weighted by molar-refractivity contribution is 8.01. The van der Waals surface area contributed by atoms with Gasteiger partial charge in [-0.15, -0.1) is 10.2 Å². The largest absolute Gasteiger partial charge is 0.481 e. The molecular formula is C8H12N4O3S2. The number of likely N-dealkylation sites (N-methyl/N-ethyl adjacent to an activating group) is 1. The molecule has 0 spiro atoms. The van der Waals surface area contributed by atoms with E-state index in [0.29, 0.717) is 9.47 Å². The minimum atomic E-state index is -0.904. The quantitative estimate of drug-likeness (QED) is 0.640. The van der Waals surface area contributed by atoms with Gasteiger partial charge in [0.05, 0.1) is 5.75 Å². The summed E-state index contributed by atoms with van der Waals surface area (Å²) in [6.45, 7) is 1.70. The van der Waals surface area contributed by atoms with Crippen LogP contribution in [-0.2, 0) is 9.59 Å². The first kappa shape index (κ1) is 13.7. The summed E-state index contributed by atoms with van der Waals surface area (Å²) in [7, 11) is 1.55. The Labute approximate surface area is 106 Å². The Hall–Kier alpha value is -1.35. The number of carboxylic acids is 1. The maximum atomic E-state index is 11.2. The number of nitrogens with zero attached hydrogens (tertiary/aromatic N) is 2. The molecule has 0 saturated carbocycles. The molecule has 0 aliphatic carbocycles. The Kier molecular flexibility index (Phi) is 5.16. The van der Waals surface area contributed by atoms with E-state index in [4.69, 9.17) is 5.11 Å². The first-order chi connectivity index (χ1) is 8.02. The van der Waals surface area contributed by atoms with Gasteiger partial charge >= 0.3 is 5.97 Å². The first-order valence-corrected chi connectivity index (χ1v) is 6.49. The van der Waals surface area contributed by atoms with Crippen LogP contribution in [0.1, 0.15) is 6.92 Å². The summed E-state index contributed by atoms with van der Waals surface area (Å²) in [6, 6.07) is -0.412. The molecule has 0 aliphatic rings. The highest BCUT2D eigenvalue weighted by atomic mass is 32.2. The third-order valence-electron chi connectivity index (χ3n) is 1.71. The zero-order valence-corrected chi connectivity index (χ0v) is 10.9. The lowest BCUT2D eigenvalue weighted by Crippen LogP contribution is -2.35. The molecule has 1 aromatic rings. The lowest BCUT2D eigenvalue weighted by atomic mass is 10.3. The van der Waals surface area contributed by atoms with E-state index in [2.05, 4.69) is 20.8 Å². The number of hydrogen-bond acceptors (Lipinski definition) is 7. The van der Waals surface area contributed by atoms with Gasteiger partial charge in [0.1, 0.15) is 6.04 Å². The molecule has 0 saturated heterocycles. The van der Waals surface area contributed by atoms with Crippen molar-refractivity contribution in [2.45, 2.75) is 17.3 Å². The van der Waals surface area contributed by atoms with Gasteiger partial charge < -0.3 is 15.7 Å². The number of anilines is 1. The standard InChI is InChI=1S/C8H12N4O3S2/c1-4(6(15)9-2)10-7-11-12-8(17-7)16-3-5(13)14/h4H,3H2,1-2H3,(H,9,15)(H,10,11)(H,13,14). The van der Waals surface area contributed by atoms with Crippen LogP contribution in [0.2, 0.25) is 0 Å². The van der Waals surface area contributed by atoms with Crippen LogP contribution in [0.15, 0.2) is 4.34 Å². The number of aromatic nitrogens is 2. The third kappa shape index (κ3) is 4.57. The smallest absolute Gasteiger partial charge is 0.313 e. The number of hydrogen-bond donors (Lipinski definition) is 3. The van der Waals surface area contributed by atoms with Gasteiger partial charge in [-0.2, -0.15) is 0 Å². The molecule has 94 valence electrons. The van der Waals surface area contributed by atoms with Crippen molar-refractivity contribution in [2.75, 3.05) is 18.1 Å². The van der Waals surface area contributed by atoms with E-state index in [1.807, 2.05) is 0 Å². The Balaban J connectivity index is 2.50. The van der Waals surface area contributed by atoms with Crippen molar-refractivity contribution in [1.82, 2.24) is 15.5 Å². The number of carbonyl (C=O) groups is 2. The monoisotopic (exact) mass is 276 g/mol. The van der Waals surface area contributed by atoms with Crippen LogP contribution in [0, 0.1) is 0 Å². The zero-order valence-electron chi connectivity index (χ0n) is 9.26. The molecule has 1 aromatic heterocycles. The summed E-state index contributed by atoms with van der Waals surface area (Å²) in [5.41, 5.74) is 0. The summed E-state index contributed by atoms with van der Waals surface area (Å²) >= 11 is 2.31. The van der Waals surface area contributed by atoms with Crippen molar-refractivity contribution in [3.05, 3.63) is 0 Å². The van der Waals surface area contributed by atoms with Gasteiger partial charge in [0.25, 0.3) is 0 Å². The van der Waals surface area contributed by atoms with Crippen molar-refractivity contribution in [1.29, 1.82) is 0 Å². The average molecular weight is 276 g/mol. The second kappa shape index (κ2) is 6.40. The number of rotatable bonds is 6. The predicted octanol–water partition coefficient (Wildman–Crippen LogP) is 0.261. The Morgan fingerprint density at radius 1 is 1.53 bits per heavy atom. The fourth-order valence-corrected chi connectivity index (χ4v) is 2.48. The molecule has 0 aromatic carbocycles. The fourth-order valence-electron chi connectivity index (χ4n) is 0.917. The maximum Gasteiger partial charge on any atom is 0.313 e. The lowest BCUT2D eigenvalue weighted by Gasteiger charge is -2.09. The normalized spacial score (nSPS) is 11.9. The molecule has 0 fully saturated rings. The molecule has 3 N–H and O–H groups in total. The highest BCUT2D eigenvalue weighted by Gasteiger charge is 2.13. The number of nitrogens with one attached hydrogen (secondary N) is 2. The topological polar surface area (TPSA) is 104 Å². The zero-order chi connectivity index (χ0) is 12.8. The van der Waals surface area contributed by atoms with E-state index < -0.39 is 12.0 Å². The number of carboxylic acid groups (broad SMARTS) is 1. The van der Waals surface area contributed by atoms with Crippen molar-refractivity contribution < 1.29 is 14.7 Å². The van der Waals surface area contributed by atoms with Crippen molar-refractivity contribution in [2.24, 2.45) is 0 Å². The molecule has 17 heavy (non-hydrogen) atoms. The second-order valence-corrected chi connectivity index (χ2v) is 5.24. The van der Waals surface area contributed by atoms with Gasteiger partial charge in [-0.3, -0.25) is 9.59 Å². The van der Waals surface area contributed by atoms with E-state index in [9.17, 15) is 9.59 Å². The van der Waals surface area contributed by atoms with Crippen LogP contribution in [-0.4, -0.2) is 46.0 Å². The number of amides is 1. The summed E-state index contributed by atoms with van der Waals surface area (Å²) in [6.07, 6.45) is 0. The minimum Gasteiger partial charge on any atom is -0.481 e. The molecule has 1 unspecified atom stereocenters. The molecule has 1 amide bonds. The van der Waals surface area contributed by atoms with E-state index in [1.165, 1.54) is 11.3 Å². The minimum absolute atomic E-state index is 0.0559. The molecule has 9 heteroatoms. The van der Waals surface area contributed by atoms with Crippen LogP contribution < -0.4 is 10.6 Å². The van der Waals surface area contributed by atoms with E-state index in [1.54, 1.807) is 14.0 Å². The number of carbonyl (C=O) groups excluding carboxylic acids is 1. The van der Waals surface area contributed by atoms with E-state index in [-0.39, 0.29) is 11.7 Å². The SMILES string of the molecule is CNC(=O)C(C)Nc1nnc(SCC(=O)O)s1. The molecule has 7 nitrogen and oxygen atoms in total. The second-order valence-electron chi connectivity index (χ2n) is 3.04. The van der Waals surface area contributed by atoms with Gasteiger partial charge in [0.15, 0.2) is 4.34 Å². The van der Waals surface area contributed by atoms with E-state index in [0.717, 1.165) is 11.8 Å². The molecule has 0 radical (unpaired) electrons. The molecule has 0 aliphatic heterocycles. The first-order valence-electron chi connectivity index (χ1n) is 4.69. The Morgan fingerprint density at radius 2 is 2.24 bits per heavy atom. The molecule has 1 rings (SSSR count). The van der Waals surface area contributed by atoms with Gasteiger partial charge in [0.2, 0.25) is 11.0 Å². The van der Waals surface area contributed by atoms with Crippen LogP contribution in [0.3, 0.4) is 0 Å². The summed E-state index contributed by atoms with van der Waals surface area (Å²) in [4.78, 5) is 21.6. The molecule has 1 atom stereocenters. The molecule has 1 heterocycles. The summed E-state index contributed by atoms with van der Waals surface area (Å²) in [5.74, 6) is -1.11. The van der Waals surface area contributed by atoms with Crippen LogP contribution in [0.4, 0.5) is 5.13 Å². The highest BCUT2D eigenvalue weighted by Crippen LogP contribution is 2.25. The van der Waals surface area contributed by atoms with Crippen molar-refractivity contribution in [3.8, 4) is 0 Å². The lowest BCUT2D eigenvalue weighted by molar-refractivity contribution is -0.133. The van der Waals surface area contributed by atoms with Gasteiger partial charge in [-0.1, -0.05) is 23.1 Å². The Morgan fingerprint density at radius 3 is 2.82 bits per heavy atom. The van der Waals surface area contributed by atoms with Gasteiger partial charge in [-0.25, -0.2) is 0 Å². The van der Waals surface area contributed by atoms with Crippen LogP contribution in [0.5, 0.6) is 0 Å². The summed E-state index contributed by atoms with van der Waals surface area (Å²) < 4.78 is 0.555. The third-order valence-corrected chi connectivity index (χ3v) is 3.68. The van der Waals surface area contributed by atoms with Gasteiger partial charge in [-0.05, 0) is 6.92 Å². The van der Waals surface area contributed by atoms with E-state index >= 15 is 0 Å². The van der Waals surface area contributed by atoms with Gasteiger partial charge in [0, 0.05) is 7.05 Å². The number of thioether (sulfide) groups is 1. The maximum absolute atomic E-state index is 11.2. The van der Waals surface area contributed by atoms with Crippen molar-refractivity contribution in [3.63, 3.8) is 0 Å². The molecule has 0 bridgehead atoms. The number of aliphatic carboxylic acids is 1. The Bertz CT molecular complexity index is 409. The van der Waals surface area contributed by atoms with Crippen molar-refractivity contribution >= 4 is 40.1 Å². The molecular weight excluding hydrogens is 264 g/mol. The fraction of sp³-hybridized carbons (Fsp3) is 0.500. The van der Waals surface area contributed by atoms with Crippen LogP contribution in [0.25, 0.3) is 0 Å². The summed E-state index contributed by atoms with van der Waals surface area (Å²) in [5, 5.41) is 22.0. The average Bonchev–Trinajstić information content (AvgIpc) is 2.73.